The van der Waals surface area contributed by atoms with Gasteiger partial charge in [0.25, 0.3) is 0 Å². The summed E-state index contributed by atoms with van der Waals surface area (Å²) < 4.78 is 17.6. The molecule has 2 N–H and O–H groups in total. The number of hydrogen-bond acceptors (Lipinski definition) is 4. The number of nitrogens with two attached hydrogens (primary N) is 1. The molecule has 0 bridgehead atoms. The molecule has 1 aromatic rings. The number of hydrogen-bond donors (Lipinski definition) is 1. The number of benzene rings is 1. The second-order valence-corrected chi connectivity index (χ2v) is 6.31. The Balaban J connectivity index is 1.76. The maximum Gasteiger partial charge on any atom is 0.128 e. The molecule has 1 saturated carbocycles. The highest BCUT2D eigenvalue weighted by Gasteiger charge is 2.43. The van der Waals surface area contributed by atoms with Crippen LogP contribution in [0.4, 0.5) is 0 Å². The molecule has 116 valence electrons. The van der Waals surface area contributed by atoms with Gasteiger partial charge in [-0.1, -0.05) is 6.07 Å². The molecule has 21 heavy (non-hydrogen) atoms. The van der Waals surface area contributed by atoms with Crippen LogP contribution >= 0.6 is 0 Å². The van der Waals surface area contributed by atoms with Crippen LogP contribution in [-0.4, -0.2) is 25.4 Å². The lowest BCUT2D eigenvalue weighted by Gasteiger charge is -2.47. The van der Waals surface area contributed by atoms with Crippen LogP contribution in [0.2, 0.25) is 0 Å². The van der Waals surface area contributed by atoms with Gasteiger partial charge < -0.3 is 19.9 Å². The van der Waals surface area contributed by atoms with Crippen molar-refractivity contribution >= 4 is 0 Å². The summed E-state index contributed by atoms with van der Waals surface area (Å²) in [6.07, 6.45) is 5.76. The molecule has 0 amide bonds. The Hall–Kier alpha value is -1.26. The van der Waals surface area contributed by atoms with Crippen molar-refractivity contribution in [3.8, 4) is 11.5 Å². The Labute approximate surface area is 126 Å². The lowest BCUT2D eigenvalue weighted by Crippen LogP contribution is -2.48. The van der Waals surface area contributed by atoms with Gasteiger partial charge in [-0.05, 0) is 32.3 Å². The summed E-state index contributed by atoms with van der Waals surface area (Å²) in [5.41, 5.74) is 7.18. The monoisotopic (exact) mass is 291 g/mol. The molecule has 0 radical (unpaired) electrons. The van der Waals surface area contributed by atoms with Crippen LogP contribution in [0, 0.1) is 0 Å². The van der Waals surface area contributed by atoms with E-state index in [1.807, 2.05) is 25.1 Å². The summed E-state index contributed by atoms with van der Waals surface area (Å²) in [5.74, 6) is 1.66. The third-order valence-electron chi connectivity index (χ3n) is 4.72. The molecular formula is C17H25NO3. The Morgan fingerprint density at radius 1 is 1.38 bits per heavy atom. The largest absolute Gasteiger partial charge is 0.497 e. The van der Waals surface area contributed by atoms with E-state index in [2.05, 4.69) is 0 Å². The van der Waals surface area contributed by atoms with E-state index < -0.39 is 0 Å². The van der Waals surface area contributed by atoms with Crippen molar-refractivity contribution in [3.63, 3.8) is 0 Å². The van der Waals surface area contributed by atoms with Crippen LogP contribution in [0.15, 0.2) is 18.2 Å². The summed E-state index contributed by atoms with van der Waals surface area (Å²) in [6.45, 7) is 2.77. The van der Waals surface area contributed by atoms with Crippen molar-refractivity contribution in [3.05, 3.63) is 23.8 Å². The molecule has 1 saturated heterocycles. The predicted molar refractivity (Wildman–Crippen MR) is 81.8 cm³/mol. The van der Waals surface area contributed by atoms with Gasteiger partial charge >= 0.3 is 0 Å². The molecule has 2 aliphatic rings. The minimum absolute atomic E-state index is 0.0524. The molecular weight excluding hydrogens is 266 g/mol. The molecule has 1 heterocycles. The summed E-state index contributed by atoms with van der Waals surface area (Å²) in [6, 6.07) is 5.82. The van der Waals surface area contributed by atoms with Gasteiger partial charge in [-0.15, -0.1) is 0 Å². The first-order valence-electron chi connectivity index (χ1n) is 7.86. The van der Waals surface area contributed by atoms with Crippen LogP contribution in [0.25, 0.3) is 0 Å². The lowest BCUT2D eigenvalue weighted by molar-refractivity contribution is -0.153. The van der Waals surface area contributed by atoms with E-state index in [1.54, 1.807) is 7.11 Å². The summed E-state index contributed by atoms with van der Waals surface area (Å²) in [7, 11) is 1.67. The normalized spacial score (nSPS) is 25.2. The first kappa shape index (κ1) is 14.7. The lowest BCUT2D eigenvalue weighted by atomic mass is 9.74. The highest BCUT2D eigenvalue weighted by molar-refractivity contribution is 5.42. The summed E-state index contributed by atoms with van der Waals surface area (Å²) in [5, 5.41) is 0. The molecule has 4 nitrogen and oxygen atoms in total. The van der Waals surface area contributed by atoms with E-state index in [-0.39, 0.29) is 17.7 Å². The highest BCUT2D eigenvalue weighted by Crippen LogP contribution is 2.43. The Bertz CT molecular complexity index is 497. The fourth-order valence-corrected chi connectivity index (χ4v) is 3.30. The Morgan fingerprint density at radius 3 is 2.81 bits per heavy atom. The first-order valence-corrected chi connectivity index (χ1v) is 7.86. The molecule has 1 aliphatic carbocycles. The quantitative estimate of drug-likeness (QED) is 0.925. The van der Waals surface area contributed by atoms with Crippen LogP contribution in [0.5, 0.6) is 11.5 Å². The van der Waals surface area contributed by atoms with E-state index in [1.165, 1.54) is 19.3 Å². The van der Waals surface area contributed by atoms with Crippen molar-refractivity contribution < 1.29 is 14.2 Å². The molecule has 0 aromatic heterocycles. The summed E-state index contributed by atoms with van der Waals surface area (Å²) >= 11 is 0. The van der Waals surface area contributed by atoms with Gasteiger partial charge in [0.05, 0.1) is 19.3 Å². The zero-order valence-electron chi connectivity index (χ0n) is 12.9. The summed E-state index contributed by atoms with van der Waals surface area (Å²) in [4.78, 5) is 0. The molecule has 1 aliphatic heterocycles. The molecule has 2 fully saturated rings. The van der Waals surface area contributed by atoms with Gasteiger partial charge in [-0.25, -0.2) is 0 Å². The van der Waals surface area contributed by atoms with Gasteiger partial charge in [0.15, 0.2) is 0 Å². The number of rotatable bonds is 4. The topological polar surface area (TPSA) is 53.7 Å². The van der Waals surface area contributed by atoms with Crippen molar-refractivity contribution in [2.75, 3.05) is 13.7 Å². The van der Waals surface area contributed by atoms with E-state index in [9.17, 15) is 0 Å². The van der Waals surface area contributed by atoms with Gasteiger partial charge in [0.2, 0.25) is 0 Å². The molecule has 3 rings (SSSR count). The second kappa shape index (κ2) is 5.85. The zero-order valence-corrected chi connectivity index (χ0v) is 12.9. The van der Waals surface area contributed by atoms with E-state index >= 15 is 0 Å². The smallest absolute Gasteiger partial charge is 0.128 e. The van der Waals surface area contributed by atoms with Crippen LogP contribution < -0.4 is 15.2 Å². The van der Waals surface area contributed by atoms with Crippen molar-refractivity contribution in [1.29, 1.82) is 0 Å². The van der Waals surface area contributed by atoms with E-state index in [0.717, 1.165) is 36.5 Å². The third-order valence-corrected chi connectivity index (χ3v) is 4.72. The van der Waals surface area contributed by atoms with Gasteiger partial charge in [-0.3, -0.25) is 0 Å². The number of ether oxygens (including phenoxy) is 3. The standard InChI is InChI=1S/C17H25NO3/c1-12(18)15-5-4-13(19-2)10-16(15)21-14-6-9-20-17(11-14)7-3-8-17/h4-5,10,12,14H,3,6-9,11,18H2,1-2H3/t12-,14?/m0/s1. The average molecular weight is 291 g/mol. The van der Waals surface area contributed by atoms with Crippen molar-refractivity contribution in [2.24, 2.45) is 5.73 Å². The number of methoxy groups -OCH3 is 1. The van der Waals surface area contributed by atoms with Crippen molar-refractivity contribution in [2.45, 2.75) is 56.8 Å². The molecule has 1 aromatic carbocycles. The Morgan fingerprint density at radius 2 is 2.19 bits per heavy atom. The van der Waals surface area contributed by atoms with Gasteiger partial charge in [-0.2, -0.15) is 0 Å². The van der Waals surface area contributed by atoms with E-state index in [0.29, 0.717) is 0 Å². The fourth-order valence-electron chi connectivity index (χ4n) is 3.30. The minimum Gasteiger partial charge on any atom is -0.497 e. The maximum atomic E-state index is 6.28. The van der Waals surface area contributed by atoms with Gasteiger partial charge in [0.1, 0.15) is 17.6 Å². The Kier molecular flexibility index (Phi) is 4.09. The first-order chi connectivity index (χ1) is 10.1. The second-order valence-electron chi connectivity index (χ2n) is 6.31. The third kappa shape index (κ3) is 3.01. The SMILES string of the molecule is COc1ccc([C@H](C)N)c(OC2CCOC3(CCC3)C2)c1. The zero-order chi connectivity index (χ0) is 14.9. The van der Waals surface area contributed by atoms with Crippen LogP contribution in [-0.2, 0) is 4.74 Å². The van der Waals surface area contributed by atoms with Crippen LogP contribution in [0.1, 0.15) is 50.6 Å². The van der Waals surface area contributed by atoms with E-state index in [4.69, 9.17) is 19.9 Å². The maximum absolute atomic E-state index is 6.28. The van der Waals surface area contributed by atoms with Crippen LogP contribution in [0.3, 0.4) is 0 Å². The molecule has 2 atom stereocenters. The molecule has 1 spiro atoms. The van der Waals surface area contributed by atoms with Gasteiger partial charge in [0, 0.05) is 30.5 Å². The molecule has 1 unspecified atom stereocenters. The minimum atomic E-state index is -0.0524. The molecule has 4 heteroatoms. The van der Waals surface area contributed by atoms with Crippen molar-refractivity contribution in [1.82, 2.24) is 0 Å². The predicted octanol–water partition coefficient (Wildman–Crippen LogP) is 3.20. The average Bonchev–Trinajstić information content (AvgIpc) is 2.45. The fraction of sp³-hybridized carbons (Fsp3) is 0.647. The highest BCUT2D eigenvalue weighted by atomic mass is 16.5.